The van der Waals surface area contributed by atoms with Crippen LogP contribution >= 0.6 is 23.2 Å². The molecule has 0 bridgehead atoms. The Bertz CT molecular complexity index is 547. The lowest BCUT2D eigenvalue weighted by Gasteiger charge is -2.16. The van der Waals surface area contributed by atoms with Gasteiger partial charge in [0.15, 0.2) is 0 Å². The van der Waals surface area contributed by atoms with Gasteiger partial charge < -0.3 is 10.0 Å². The van der Waals surface area contributed by atoms with Crippen LogP contribution in [0.5, 0.6) is 0 Å². The second-order valence-electron chi connectivity index (χ2n) is 5.13. The van der Waals surface area contributed by atoms with Crippen molar-refractivity contribution in [3.8, 4) is 0 Å². The van der Waals surface area contributed by atoms with Gasteiger partial charge >= 0.3 is 5.97 Å². The predicted molar refractivity (Wildman–Crippen MR) is 77.0 cm³/mol. The molecule has 1 aromatic rings. The Balaban J connectivity index is 2.04. The number of carbonyl (C=O) groups is 2. The van der Waals surface area contributed by atoms with E-state index in [9.17, 15) is 9.59 Å². The molecule has 4 nitrogen and oxygen atoms in total. The number of nitrogens with zero attached hydrogens (tertiary/aromatic N) is 1. The van der Waals surface area contributed by atoms with Crippen LogP contribution in [0, 0.1) is 11.8 Å². The SMILES string of the molecule is C[C@@H]1CN(C(=O)Cc2ccc(Cl)cc2Cl)C[C@H]1C(=O)O. The van der Waals surface area contributed by atoms with Gasteiger partial charge in [-0.1, -0.05) is 36.2 Å². The molecule has 1 amide bonds. The van der Waals surface area contributed by atoms with Crippen LogP contribution in [0.3, 0.4) is 0 Å². The Morgan fingerprint density at radius 3 is 2.60 bits per heavy atom. The lowest BCUT2D eigenvalue weighted by atomic mass is 9.99. The zero-order chi connectivity index (χ0) is 14.9. The van der Waals surface area contributed by atoms with Crippen molar-refractivity contribution in [3.63, 3.8) is 0 Å². The molecule has 1 saturated heterocycles. The highest BCUT2D eigenvalue weighted by Crippen LogP contribution is 2.26. The molecule has 1 aromatic carbocycles. The Morgan fingerprint density at radius 1 is 1.35 bits per heavy atom. The van der Waals surface area contributed by atoms with Gasteiger partial charge in [-0.2, -0.15) is 0 Å². The van der Waals surface area contributed by atoms with E-state index in [0.29, 0.717) is 22.2 Å². The third kappa shape index (κ3) is 3.25. The van der Waals surface area contributed by atoms with Crippen LogP contribution in [-0.2, 0) is 16.0 Å². The number of amides is 1. The molecular formula is C14H15Cl2NO3. The fraction of sp³-hybridized carbons (Fsp3) is 0.429. The number of hydrogen-bond donors (Lipinski definition) is 1. The first-order valence-electron chi connectivity index (χ1n) is 6.33. The summed E-state index contributed by atoms with van der Waals surface area (Å²) in [5, 5.41) is 10.0. The largest absolute Gasteiger partial charge is 0.481 e. The van der Waals surface area contributed by atoms with E-state index < -0.39 is 11.9 Å². The van der Waals surface area contributed by atoms with E-state index in [1.807, 2.05) is 6.92 Å². The topological polar surface area (TPSA) is 57.6 Å². The van der Waals surface area contributed by atoms with Crippen LogP contribution in [0.1, 0.15) is 12.5 Å². The highest BCUT2D eigenvalue weighted by Gasteiger charge is 2.36. The summed E-state index contributed by atoms with van der Waals surface area (Å²) in [6.07, 6.45) is 0.162. The van der Waals surface area contributed by atoms with Gasteiger partial charge in [0.05, 0.1) is 12.3 Å². The average molecular weight is 316 g/mol. The maximum atomic E-state index is 12.2. The molecule has 2 rings (SSSR count). The molecule has 2 atom stereocenters. The van der Waals surface area contributed by atoms with Crippen LogP contribution in [0.25, 0.3) is 0 Å². The molecule has 1 fully saturated rings. The molecule has 108 valence electrons. The lowest BCUT2D eigenvalue weighted by molar-refractivity contribution is -0.142. The number of likely N-dealkylation sites (tertiary alicyclic amines) is 1. The van der Waals surface area contributed by atoms with Gasteiger partial charge in [-0.3, -0.25) is 9.59 Å². The highest BCUT2D eigenvalue weighted by molar-refractivity contribution is 6.35. The number of aliphatic carboxylic acids is 1. The third-order valence-corrected chi connectivity index (χ3v) is 4.23. The summed E-state index contributed by atoms with van der Waals surface area (Å²) < 4.78 is 0. The molecule has 0 radical (unpaired) electrons. The summed E-state index contributed by atoms with van der Waals surface area (Å²) >= 11 is 11.8. The molecule has 0 unspecified atom stereocenters. The van der Waals surface area contributed by atoms with Gasteiger partial charge in [0.25, 0.3) is 0 Å². The van der Waals surface area contributed by atoms with E-state index in [0.717, 1.165) is 0 Å². The average Bonchev–Trinajstić information content (AvgIpc) is 2.75. The van der Waals surface area contributed by atoms with Gasteiger partial charge in [0, 0.05) is 23.1 Å². The fourth-order valence-electron chi connectivity index (χ4n) is 2.43. The van der Waals surface area contributed by atoms with Crippen LogP contribution in [-0.4, -0.2) is 35.0 Å². The molecule has 1 heterocycles. The first-order valence-corrected chi connectivity index (χ1v) is 7.08. The molecule has 0 saturated carbocycles. The molecular weight excluding hydrogens is 301 g/mol. The van der Waals surface area contributed by atoms with Crippen LogP contribution in [0.4, 0.5) is 0 Å². The van der Waals surface area contributed by atoms with Crippen molar-refractivity contribution in [1.29, 1.82) is 0 Å². The second-order valence-corrected chi connectivity index (χ2v) is 5.98. The van der Waals surface area contributed by atoms with Gasteiger partial charge in [0.1, 0.15) is 0 Å². The summed E-state index contributed by atoms with van der Waals surface area (Å²) in [6.45, 7) is 2.59. The number of carboxylic acid groups (broad SMARTS) is 1. The summed E-state index contributed by atoms with van der Waals surface area (Å²) in [7, 11) is 0. The first kappa shape index (κ1) is 15.1. The predicted octanol–water partition coefficient (Wildman–Crippen LogP) is 2.72. The number of halogens is 2. The molecule has 0 aromatic heterocycles. The molecule has 1 N–H and O–H groups in total. The van der Waals surface area contributed by atoms with Gasteiger partial charge in [-0.25, -0.2) is 0 Å². The maximum Gasteiger partial charge on any atom is 0.308 e. The number of benzene rings is 1. The third-order valence-electron chi connectivity index (χ3n) is 3.64. The number of hydrogen-bond acceptors (Lipinski definition) is 2. The summed E-state index contributed by atoms with van der Waals surface area (Å²) in [6, 6.07) is 5.00. The second kappa shape index (κ2) is 6.02. The summed E-state index contributed by atoms with van der Waals surface area (Å²) in [5.41, 5.74) is 0.701. The molecule has 0 spiro atoms. The zero-order valence-electron chi connectivity index (χ0n) is 11.0. The number of carbonyl (C=O) groups excluding carboxylic acids is 1. The van der Waals surface area contributed by atoms with Gasteiger partial charge in [-0.05, 0) is 23.6 Å². The molecule has 6 heteroatoms. The van der Waals surface area contributed by atoms with E-state index >= 15 is 0 Å². The quantitative estimate of drug-likeness (QED) is 0.933. The van der Waals surface area contributed by atoms with Gasteiger partial charge in [0.2, 0.25) is 5.91 Å². The molecule has 0 aliphatic carbocycles. The fourth-order valence-corrected chi connectivity index (χ4v) is 2.91. The van der Waals surface area contributed by atoms with Crippen LogP contribution < -0.4 is 0 Å². The van der Waals surface area contributed by atoms with Crippen molar-refractivity contribution in [2.45, 2.75) is 13.3 Å². The van der Waals surface area contributed by atoms with Crippen molar-refractivity contribution < 1.29 is 14.7 Å². The normalized spacial score (nSPS) is 22.1. The van der Waals surface area contributed by atoms with Gasteiger partial charge in [-0.15, -0.1) is 0 Å². The van der Waals surface area contributed by atoms with Crippen molar-refractivity contribution >= 4 is 35.1 Å². The highest BCUT2D eigenvalue weighted by atomic mass is 35.5. The van der Waals surface area contributed by atoms with E-state index in [2.05, 4.69) is 0 Å². The van der Waals surface area contributed by atoms with Crippen LogP contribution in [0.15, 0.2) is 18.2 Å². The Hall–Kier alpha value is -1.26. The maximum absolute atomic E-state index is 12.2. The van der Waals surface area contributed by atoms with Crippen LogP contribution in [0.2, 0.25) is 10.0 Å². The summed E-state index contributed by atoms with van der Waals surface area (Å²) in [5.74, 6) is -1.47. The standard InChI is InChI=1S/C14H15Cl2NO3/c1-8-6-17(7-11(8)14(19)20)13(18)4-9-2-3-10(15)5-12(9)16/h2-3,5,8,11H,4,6-7H2,1H3,(H,19,20)/t8-,11-/m1/s1. The minimum absolute atomic E-state index is 0.0304. The van der Waals surface area contributed by atoms with Crippen molar-refractivity contribution in [1.82, 2.24) is 4.90 Å². The lowest BCUT2D eigenvalue weighted by Crippen LogP contribution is -2.31. The Morgan fingerprint density at radius 2 is 2.05 bits per heavy atom. The minimum Gasteiger partial charge on any atom is -0.481 e. The van der Waals surface area contributed by atoms with Crippen molar-refractivity contribution in [2.24, 2.45) is 11.8 Å². The van der Waals surface area contributed by atoms with E-state index in [1.165, 1.54) is 0 Å². The molecule has 1 aliphatic heterocycles. The van der Waals surface area contributed by atoms with Crippen molar-refractivity contribution in [2.75, 3.05) is 13.1 Å². The van der Waals surface area contributed by atoms with Crippen molar-refractivity contribution in [3.05, 3.63) is 33.8 Å². The monoisotopic (exact) mass is 315 g/mol. The van der Waals surface area contributed by atoms with E-state index in [-0.39, 0.29) is 24.8 Å². The van der Waals surface area contributed by atoms with E-state index in [1.54, 1.807) is 23.1 Å². The summed E-state index contributed by atoms with van der Waals surface area (Å²) in [4.78, 5) is 24.9. The number of carboxylic acids is 1. The molecule has 20 heavy (non-hydrogen) atoms. The molecule has 1 aliphatic rings. The minimum atomic E-state index is -0.850. The Kier molecular flexibility index (Phi) is 4.55. The Labute approximate surface area is 127 Å². The smallest absolute Gasteiger partial charge is 0.308 e. The van der Waals surface area contributed by atoms with E-state index in [4.69, 9.17) is 28.3 Å². The number of rotatable bonds is 3. The zero-order valence-corrected chi connectivity index (χ0v) is 12.5. The first-order chi connectivity index (χ1) is 9.38.